The van der Waals surface area contributed by atoms with Crippen LogP contribution in [-0.4, -0.2) is 4.57 Å². The van der Waals surface area contributed by atoms with Gasteiger partial charge in [-0.05, 0) is 59.2 Å². The second-order valence-electron chi connectivity index (χ2n) is 12.0. The van der Waals surface area contributed by atoms with E-state index in [1.165, 1.54) is 68.0 Å². The van der Waals surface area contributed by atoms with E-state index >= 15 is 0 Å². The van der Waals surface area contributed by atoms with Gasteiger partial charge in [-0.3, -0.25) is 0 Å². The molecular formula is C43H24N2S2. The molecule has 0 N–H and O–H groups in total. The molecule has 0 fully saturated rings. The van der Waals surface area contributed by atoms with E-state index in [-0.39, 0.29) is 0 Å². The van der Waals surface area contributed by atoms with Gasteiger partial charge >= 0.3 is 0 Å². The zero-order chi connectivity index (χ0) is 31.1. The molecular weight excluding hydrogens is 609 g/mol. The third-order valence-corrected chi connectivity index (χ3v) is 11.9. The van der Waals surface area contributed by atoms with E-state index in [4.69, 9.17) is 0 Å². The van der Waals surface area contributed by atoms with E-state index in [1.54, 1.807) is 0 Å². The topological polar surface area (TPSA) is 28.7 Å². The van der Waals surface area contributed by atoms with E-state index in [2.05, 4.69) is 144 Å². The van der Waals surface area contributed by atoms with Crippen LogP contribution in [0, 0.1) is 11.3 Å². The van der Waals surface area contributed by atoms with Gasteiger partial charge in [0.15, 0.2) is 0 Å². The van der Waals surface area contributed by atoms with Crippen LogP contribution in [0.25, 0.3) is 90.1 Å². The number of aromatic nitrogens is 1. The van der Waals surface area contributed by atoms with Gasteiger partial charge in [-0.2, -0.15) is 5.26 Å². The predicted octanol–water partition coefficient (Wildman–Crippen LogP) is 12.7. The van der Waals surface area contributed by atoms with Crippen molar-refractivity contribution in [1.82, 2.24) is 4.57 Å². The lowest BCUT2D eigenvalue weighted by Crippen LogP contribution is -1.94. The van der Waals surface area contributed by atoms with E-state index in [0.29, 0.717) is 5.56 Å². The maximum absolute atomic E-state index is 9.81. The molecule has 7 aromatic carbocycles. The molecule has 0 bridgehead atoms. The van der Waals surface area contributed by atoms with Crippen LogP contribution < -0.4 is 0 Å². The van der Waals surface area contributed by atoms with Gasteiger partial charge in [-0.15, -0.1) is 22.7 Å². The van der Waals surface area contributed by atoms with Gasteiger partial charge in [-0.25, -0.2) is 0 Å². The highest BCUT2D eigenvalue weighted by molar-refractivity contribution is 7.27. The largest absolute Gasteiger partial charge is 0.308 e. The summed E-state index contributed by atoms with van der Waals surface area (Å²) in [6, 6.07) is 54.7. The smallest absolute Gasteiger partial charge is 0.0992 e. The van der Waals surface area contributed by atoms with Crippen molar-refractivity contribution in [3.8, 4) is 34.0 Å². The monoisotopic (exact) mass is 632 g/mol. The third-order valence-electron chi connectivity index (χ3n) is 9.42. The summed E-state index contributed by atoms with van der Waals surface area (Å²) in [5.74, 6) is 0. The number of hydrogen-bond acceptors (Lipinski definition) is 3. The number of hydrogen-bond donors (Lipinski definition) is 0. The summed E-state index contributed by atoms with van der Waals surface area (Å²) in [6.45, 7) is 0. The Balaban J connectivity index is 1.31. The van der Waals surface area contributed by atoms with Crippen LogP contribution in [0.2, 0.25) is 0 Å². The second-order valence-corrected chi connectivity index (χ2v) is 14.1. The Morgan fingerprint density at radius 2 is 1.15 bits per heavy atom. The summed E-state index contributed by atoms with van der Waals surface area (Å²) in [5, 5.41) is 17.3. The van der Waals surface area contributed by atoms with Crippen molar-refractivity contribution in [3.05, 3.63) is 151 Å². The van der Waals surface area contributed by atoms with Crippen LogP contribution in [0.1, 0.15) is 5.56 Å². The molecule has 3 heterocycles. The van der Waals surface area contributed by atoms with E-state index < -0.39 is 0 Å². The number of rotatable bonds is 3. The van der Waals surface area contributed by atoms with Gasteiger partial charge in [0.2, 0.25) is 0 Å². The Bertz CT molecular complexity index is 2920. The normalized spacial score (nSPS) is 11.8. The van der Waals surface area contributed by atoms with Crippen LogP contribution in [-0.2, 0) is 0 Å². The average Bonchev–Trinajstić information content (AvgIpc) is 3.81. The Hall–Kier alpha value is -5.73. The molecule has 10 rings (SSSR count). The summed E-state index contributed by atoms with van der Waals surface area (Å²) < 4.78 is 7.51. The Labute approximate surface area is 278 Å². The molecule has 0 atom stereocenters. The Morgan fingerprint density at radius 1 is 0.447 bits per heavy atom. The van der Waals surface area contributed by atoms with Crippen LogP contribution in [0.3, 0.4) is 0 Å². The van der Waals surface area contributed by atoms with Crippen LogP contribution in [0.5, 0.6) is 0 Å². The number of nitriles is 1. The first-order chi connectivity index (χ1) is 23.3. The van der Waals surface area contributed by atoms with Gasteiger partial charge in [0.05, 0.1) is 33.1 Å². The van der Waals surface area contributed by atoms with Crippen LogP contribution >= 0.6 is 22.7 Å². The molecule has 2 nitrogen and oxygen atoms in total. The number of benzene rings is 7. The zero-order valence-corrected chi connectivity index (χ0v) is 26.7. The molecule has 47 heavy (non-hydrogen) atoms. The van der Waals surface area contributed by atoms with Crippen molar-refractivity contribution in [2.45, 2.75) is 0 Å². The first-order valence-corrected chi connectivity index (χ1v) is 17.3. The van der Waals surface area contributed by atoms with E-state index in [0.717, 1.165) is 22.1 Å². The maximum atomic E-state index is 9.81. The van der Waals surface area contributed by atoms with Gasteiger partial charge in [0.25, 0.3) is 0 Å². The molecule has 0 unspecified atom stereocenters. The molecule has 0 amide bonds. The lowest BCUT2D eigenvalue weighted by molar-refractivity contribution is 1.20. The summed E-state index contributed by atoms with van der Waals surface area (Å²) >= 11 is 3.74. The van der Waals surface area contributed by atoms with Gasteiger partial charge in [0, 0.05) is 52.0 Å². The molecule has 0 aliphatic heterocycles. The molecule has 218 valence electrons. The van der Waals surface area contributed by atoms with Crippen molar-refractivity contribution >= 4 is 84.8 Å². The molecule has 0 radical (unpaired) electrons. The minimum absolute atomic E-state index is 0.663. The van der Waals surface area contributed by atoms with Gasteiger partial charge in [0.1, 0.15) is 0 Å². The van der Waals surface area contributed by atoms with Crippen molar-refractivity contribution in [2.24, 2.45) is 0 Å². The highest BCUT2D eigenvalue weighted by Crippen LogP contribution is 2.47. The minimum atomic E-state index is 0.663. The lowest BCUT2D eigenvalue weighted by Gasteiger charge is -2.10. The van der Waals surface area contributed by atoms with Crippen LogP contribution in [0.15, 0.2) is 146 Å². The fourth-order valence-corrected chi connectivity index (χ4v) is 9.88. The van der Waals surface area contributed by atoms with Crippen LogP contribution in [0.4, 0.5) is 0 Å². The quantitative estimate of drug-likeness (QED) is 0.190. The van der Waals surface area contributed by atoms with Gasteiger partial charge < -0.3 is 4.57 Å². The standard InChI is InChI=1S/C43H24N2S2/c44-25-26-20-21-31-30-12-4-6-17-37(30)45(39(31)22-26)38-18-9-16-34-36-24-28(23-35(42(36)47-43(34)38)27-10-2-1-3-11-27)29-14-8-15-33-32-13-5-7-19-40(32)46-41(29)33/h1-24H. The zero-order valence-electron chi connectivity index (χ0n) is 25.1. The summed E-state index contributed by atoms with van der Waals surface area (Å²) in [5.41, 5.74) is 8.95. The number of nitrogens with zero attached hydrogens (tertiary/aromatic N) is 2. The SMILES string of the molecule is N#Cc1ccc2c3ccccc3n(-c3cccc4c3sc3c(-c5ccccc5)cc(-c5cccc6c5sc5ccccc56)cc34)c2c1. The molecule has 10 aromatic rings. The molecule has 0 saturated carbocycles. The molecule has 3 aromatic heterocycles. The predicted molar refractivity (Wildman–Crippen MR) is 202 cm³/mol. The lowest BCUT2D eigenvalue weighted by atomic mass is 9.95. The summed E-state index contributed by atoms with van der Waals surface area (Å²) in [7, 11) is 0. The molecule has 0 aliphatic carbocycles. The summed E-state index contributed by atoms with van der Waals surface area (Å²) in [6.07, 6.45) is 0. The number of para-hydroxylation sites is 1. The van der Waals surface area contributed by atoms with Crippen molar-refractivity contribution in [2.75, 3.05) is 0 Å². The maximum Gasteiger partial charge on any atom is 0.0992 e. The highest BCUT2D eigenvalue weighted by Gasteiger charge is 2.20. The molecule has 0 spiro atoms. The Morgan fingerprint density at radius 3 is 2.02 bits per heavy atom. The molecule has 4 heteroatoms. The van der Waals surface area contributed by atoms with Gasteiger partial charge in [-0.1, -0.05) is 103 Å². The molecule has 0 aliphatic rings. The highest BCUT2D eigenvalue weighted by atomic mass is 32.1. The average molecular weight is 633 g/mol. The fourth-order valence-electron chi connectivity index (χ4n) is 7.32. The second kappa shape index (κ2) is 10.1. The van der Waals surface area contributed by atoms with Crippen molar-refractivity contribution < 1.29 is 0 Å². The minimum Gasteiger partial charge on any atom is -0.308 e. The van der Waals surface area contributed by atoms with E-state index in [9.17, 15) is 5.26 Å². The first-order valence-electron chi connectivity index (χ1n) is 15.7. The first kappa shape index (κ1) is 26.5. The fraction of sp³-hybridized carbons (Fsp3) is 0. The molecule has 0 saturated heterocycles. The summed E-state index contributed by atoms with van der Waals surface area (Å²) in [4.78, 5) is 0. The number of fused-ring (bicyclic) bond motifs is 9. The Kier molecular flexibility index (Phi) is 5.71. The van der Waals surface area contributed by atoms with Crippen molar-refractivity contribution in [3.63, 3.8) is 0 Å². The number of thiophene rings is 2. The van der Waals surface area contributed by atoms with E-state index in [1.807, 2.05) is 34.8 Å². The third kappa shape index (κ3) is 3.88. The van der Waals surface area contributed by atoms with Crippen molar-refractivity contribution in [1.29, 1.82) is 5.26 Å².